The number of hydrogen-bond acceptors (Lipinski definition) is 2. The van der Waals surface area contributed by atoms with Crippen LogP contribution in [0.4, 0.5) is 0 Å². The molecule has 4 heteroatoms. The number of rotatable bonds is 0. The standard InChI is InChI=1S/C5H11O2P.Na/c1-2-4-6-7-8-5-3-1;/h8H,1-5H2;. The van der Waals surface area contributed by atoms with Crippen LogP contribution in [0.5, 0.6) is 0 Å². The molecule has 1 rings (SSSR count). The molecular weight excluding hydrogens is 146 g/mol. The van der Waals surface area contributed by atoms with Crippen LogP contribution in [0.2, 0.25) is 0 Å². The van der Waals surface area contributed by atoms with Gasteiger partial charge in [0.2, 0.25) is 0 Å². The second-order valence-electron chi connectivity index (χ2n) is 1.86. The molecule has 1 atom stereocenters. The minimum Gasteiger partial charge on any atom is -0.234 e. The van der Waals surface area contributed by atoms with Gasteiger partial charge in [0, 0.05) is 29.6 Å². The smallest absolute Gasteiger partial charge is 0.0825 e. The minimum absolute atomic E-state index is 0. The fourth-order valence-electron chi connectivity index (χ4n) is 0.660. The van der Waals surface area contributed by atoms with Crippen molar-refractivity contribution in [1.82, 2.24) is 0 Å². The van der Waals surface area contributed by atoms with E-state index < -0.39 is 0 Å². The van der Waals surface area contributed by atoms with Crippen LogP contribution >= 0.6 is 8.81 Å². The maximum atomic E-state index is 4.80. The molecule has 49 valence electrons. The van der Waals surface area contributed by atoms with Gasteiger partial charge in [-0.25, -0.2) is 9.56 Å². The fourth-order valence-corrected chi connectivity index (χ4v) is 1.30. The van der Waals surface area contributed by atoms with Crippen molar-refractivity contribution >= 4 is 38.4 Å². The molecular formula is C5H11NaO2P. The molecule has 0 N–H and O–H groups in total. The first-order valence-corrected chi connectivity index (χ1v) is 4.13. The van der Waals surface area contributed by atoms with E-state index in [4.69, 9.17) is 9.56 Å². The molecule has 0 amide bonds. The summed E-state index contributed by atoms with van der Waals surface area (Å²) >= 11 is 0. The van der Waals surface area contributed by atoms with Gasteiger partial charge in [-0.15, -0.1) is 0 Å². The molecule has 0 aromatic rings. The predicted octanol–water partition coefficient (Wildman–Crippen LogP) is 1.33. The molecule has 1 saturated heterocycles. The summed E-state index contributed by atoms with van der Waals surface area (Å²) in [6, 6.07) is 0. The molecule has 0 aromatic heterocycles. The molecule has 9 heavy (non-hydrogen) atoms. The first-order valence-electron chi connectivity index (χ1n) is 3.01. The zero-order valence-corrected chi connectivity index (χ0v) is 8.85. The van der Waals surface area contributed by atoms with Crippen molar-refractivity contribution in [3.63, 3.8) is 0 Å². The predicted molar refractivity (Wildman–Crippen MR) is 39.8 cm³/mol. The van der Waals surface area contributed by atoms with Crippen LogP contribution in [0.3, 0.4) is 0 Å². The Morgan fingerprint density at radius 3 is 2.89 bits per heavy atom. The van der Waals surface area contributed by atoms with Gasteiger partial charge < -0.3 is 0 Å². The molecule has 1 radical (unpaired) electrons. The van der Waals surface area contributed by atoms with Gasteiger partial charge in [-0.05, 0) is 19.0 Å². The van der Waals surface area contributed by atoms with E-state index in [2.05, 4.69) is 0 Å². The summed E-state index contributed by atoms with van der Waals surface area (Å²) in [5.74, 6) is 0. The first-order chi connectivity index (χ1) is 4.00. The van der Waals surface area contributed by atoms with E-state index in [1.807, 2.05) is 0 Å². The minimum atomic E-state index is 0. The van der Waals surface area contributed by atoms with Crippen molar-refractivity contribution in [2.24, 2.45) is 0 Å². The second-order valence-corrected chi connectivity index (χ2v) is 2.82. The third-order valence-electron chi connectivity index (χ3n) is 1.12. The summed E-state index contributed by atoms with van der Waals surface area (Å²) in [7, 11) is 0.568. The summed E-state index contributed by atoms with van der Waals surface area (Å²) in [6.07, 6.45) is 4.95. The molecule has 2 nitrogen and oxygen atoms in total. The van der Waals surface area contributed by atoms with Crippen molar-refractivity contribution in [1.29, 1.82) is 0 Å². The van der Waals surface area contributed by atoms with Crippen LogP contribution < -0.4 is 0 Å². The molecule has 1 aliphatic heterocycles. The maximum Gasteiger partial charge on any atom is 0.0825 e. The molecule has 0 aliphatic carbocycles. The van der Waals surface area contributed by atoms with Crippen molar-refractivity contribution < 1.29 is 9.56 Å². The molecule has 0 spiro atoms. The summed E-state index contributed by atoms with van der Waals surface area (Å²) in [6.45, 7) is 0.785. The van der Waals surface area contributed by atoms with Gasteiger partial charge in [-0.3, -0.25) is 0 Å². The quantitative estimate of drug-likeness (QED) is 0.300. The van der Waals surface area contributed by atoms with E-state index in [1.165, 1.54) is 19.0 Å². The Labute approximate surface area is 79.8 Å². The van der Waals surface area contributed by atoms with Gasteiger partial charge in [0.05, 0.1) is 15.4 Å². The Kier molecular flexibility index (Phi) is 8.58. The average Bonchev–Trinajstić information content (AvgIpc) is 1.62. The molecule has 0 aromatic carbocycles. The topological polar surface area (TPSA) is 18.5 Å². The third-order valence-corrected chi connectivity index (χ3v) is 1.92. The zero-order chi connectivity index (χ0) is 5.66. The van der Waals surface area contributed by atoms with Crippen LogP contribution in [0, 0.1) is 0 Å². The van der Waals surface area contributed by atoms with Crippen molar-refractivity contribution in [2.75, 3.05) is 12.8 Å². The Hall–Kier alpha value is 1.35. The monoisotopic (exact) mass is 157 g/mol. The third kappa shape index (κ3) is 5.78. The molecule has 1 heterocycles. The van der Waals surface area contributed by atoms with E-state index in [9.17, 15) is 0 Å². The largest absolute Gasteiger partial charge is 0.234 e. The number of hydrogen-bond donors (Lipinski definition) is 0. The average molecular weight is 157 g/mol. The van der Waals surface area contributed by atoms with Gasteiger partial charge in [0.15, 0.2) is 0 Å². The Morgan fingerprint density at radius 2 is 2.00 bits per heavy atom. The van der Waals surface area contributed by atoms with Crippen LogP contribution in [-0.2, 0) is 9.56 Å². The second kappa shape index (κ2) is 7.46. The van der Waals surface area contributed by atoms with Gasteiger partial charge in [0.25, 0.3) is 0 Å². The van der Waals surface area contributed by atoms with Crippen molar-refractivity contribution in [2.45, 2.75) is 19.3 Å². The Morgan fingerprint density at radius 1 is 1.11 bits per heavy atom. The first kappa shape index (κ1) is 10.3. The maximum absolute atomic E-state index is 4.80. The normalized spacial score (nSPS) is 24.0. The van der Waals surface area contributed by atoms with E-state index in [0.717, 1.165) is 13.0 Å². The van der Waals surface area contributed by atoms with E-state index >= 15 is 0 Å². The van der Waals surface area contributed by atoms with Gasteiger partial charge in [-0.2, -0.15) is 0 Å². The van der Waals surface area contributed by atoms with Crippen LogP contribution in [-0.4, -0.2) is 42.3 Å². The van der Waals surface area contributed by atoms with Gasteiger partial charge in [0.1, 0.15) is 0 Å². The van der Waals surface area contributed by atoms with E-state index in [-0.39, 0.29) is 29.6 Å². The summed E-state index contributed by atoms with van der Waals surface area (Å²) in [5.41, 5.74) is 0. The van der Waals surface area contributed by atoms with Crippen LogP contribution in [0.25, 0.3) is 0 Å². The Bertz CT molecular complexity index is 38.9. The van der Waals surface area contributed by atoms with E-state index in [0.29, 0.717) is 8.81 Å². The van der Waals surface area contributed by atoms with E-state index in [1.54, 1.807) is 0 Å². The van der Waals surface area contributed by atoms with Gasteiger partial charge >= 0.3 is 0 Å². The van der Waals surface area contributed by atoms with Crippen molar-refractivity contribution in [3.05, 3.63) is 0 Å². The van der Waals surface area contributed by atoms with Crippen molar-refractivity contribution in [3.8, 4) is 0 Å². The summed E-state index contributed by atoms with van der Waals surface area (Å²) in [4.78, 5) is 4.79. The molecule has 1 aliphatic rings. The molecule has 0 bridgehead atoms. The molecule has 1 fully saturated rings. The SMILES string of the molecule is C1CCOOPCC1.[Na]. The van der Waals surface area contributed by atoms with Crippen LogP contribution in [0.15, 0.2) is 0 Å². The van der Waals surface area contributed by atoms with Crippen LogP contribution in [0.1, 0.15) is 19.3 Å². The fraction of sp³-hybridized carbons (Fsp3) is 1.00. The Balaban J connectivity index is 0.000000640. The summed E-state index contributed by atoms with van der Waals surface area (Å²) in [5, 5.41) is 0. The summed E-state index contributed by atoms with van der Waals surface area (Å²) < 4.78 is 4.80. The molecule has 0 saturated carbocycles. The zero-order valence-electron chi connectivity index (χ0n) is 5.85. The molecule has 1 unspecified atom stereocenters. The van der Waals surface area contributed by atoms with Gasteiger partial charge in [-0.1, -0.05) is 6.42 Å².